The summed E-state index contributed by atoms with van der Waals surface area (Å²) in [5.41, 5.74) is -0.508. The number of hydrogen-bond acceptors (Lipinski definition) is 1. The van der Waals surface area contributed by atoms with Crippen molar-refractivity contribution in [3.63, 3.8) is 0 Å². The number of halogens is 3. The topological polar surface area (TPSA) is 42.2 Å². The van der Waals surface area contributed by atoms with Gasteiger partial charge in [-0.1, -0.05) is 30.3 Å². The first kappa shape index (κ1) is 14.2. The second kappa shape index (κ2) is 5.03. The van der Waals surface area contributed by atoms with Crippen LogP contribution in [0.3, 0.4) is 0 Å². The summed E-state index contributed by atoms with van der Waals surface area (Å²) in [6.07, 6.45) is -4.59. The van der Waals surface area contributed by atoms with Crippen molar-refractivity contribution in [2.75, 3.05) is 0 Å². The van der Waals surface area contributed by atoms with Gasteiger partial charge in [-0.3, -0.25) is 0 Å². The molecule has 6 heteroatoms. The highest BCUT2D eigenvalue weighted by molar-refractivity contribution is 5.89. The molecule has 0 aliphatic carbocycles. The molecular weight excluding hydrogens is 271 g/mol. The van der Waals surface area contributed by atoms with Gasteiger partial charge in [0.15, 0.2) is 0 Å². The molecule has 3 nitrogen and oxygen atoms in total. The first-order valence-electron chi connectivity index (χ1n) is 5.85. The van der Waals surface area contributed by atoms with Crippen molar-refractivity contribution in [2.45, 2.75) is 19.6 Å². The number of hydrogen-bond donors (Lipinski definition) is 1. The van der Waals surface area contributed by atoms with Crippen LogP contribution in [0.1, 0.15) is 27.3 Å². The van der Waals surface area contributed by atoms with Gasteiger partial charge in [0.1, 0.15) is 5.69 Å². The van der Waals surface area contributed by atoms with E-state index in [9.17, 15) is 18.0 Å². The molecule has 0 fully saturated rings. The van der Waals surface area contributed by atoms with E-state index in [1.807, 2.05) is 0 Å². The first-order chi connectivity index (χ1) is 9.30. The maximum Gasteiger partial charge on any atom is 0.431 e. The van der Waals surface area contributed by atoms with Crippen molar-refractivity contribution in [1.82, 2.24) is 4.57 Å². The third-order valence-corrected chi connectivity index (χ3v) is 3.07. The van der Waals surface area contributed by atoms with Crippen LogP contribution in [0.2, 0.25) is 0 Å². The van der Waals surface area contributed by atoms with E-state index < -0.39 is 17.8 Å². The molecule has 20 heavy (non-hydrogen) atoms. The van der Waals surface area contributed by atoms with Gasteiger partial charge in [0.05, 0.1) is 5.56 Å². The molecule has 0 saturated heterocycles. The fourth-order valence-corrected chi connectivity index (χ4v) is 2.07. The number of carboxylic acid groups (broad SMARTS) is 1. The minimum atomic E-state index is -4.59. The SMILES string of the molecule is Cc1c(C(=O)O)cc(C(F)(F)F)n1Cc1ccccc1. The zero-order chi connectivity index (χ0) is 14.9. The molecule has 0 bridgehead atoms. The molecule has 0 saturated carbocycles. The van der Waals surface area contributed by atoms with Gasteiger partial charge in [-0.2, -0.15) is 13.2 Å². The monoisotopic (exact) mass is 283 g/mol. The third kappa shape index (κ3) is 2.68. The molecule has 0 unspecified atom stereocenters. The smallest absolute Gasteiger partial charge is 0.431 e. The highest BCUT2D eigenvalue weighted by atomic mass is 19.4. The van der Waals surface area contributed by atoms with E-state index in [1.165, 1.54) is 6.92 Å². The number of nitrogens with zero attached hydrogens (tertiary/aromatic N) is 1. The fraction of sp³-hybridized carbons (Fsp3) is 0.214. The second-order valence-corrected chi connectivity index (χ2v) is 4.40. The largest absolute Gasteiger partial charge is 0.478 e. The molecule has 0 aliphatic heterocycles. The second-order valence-electron chi connectivity index (χ2n) is 4.40. The molecule has 1 heterocycles. The Kier molecular flexibility index (Phi) is 3.57. The van der Waals surface area contributed by atoms with Gasteiger partial charge in [-0.15, -0.1) is 0 Å². The van der Waals surface area contributed by atoms with E-state index in [0.29, 0.717) is 11.6 Å². The minimum Gasteiger partial charge on any atom is -0.478 e. The zero-order valence-electron chi connectivity index (χ0n) is 10.6. The van der Waals surface area contributed by atoms with Crippen molar-refractivity contribution < 1.29 is 23.1 Å². The molecule has 1 aromatic carbocycles. The Morgan fingerprint density at radius 3 is 2.35 bits per heavy atom. The van der Waals surface area contributed by atoms with E-state index in [0.717, 1.165) is 4.57 Å². The standard InChI is InChI=1S/C14H12F3NO2/c1-9-11(13(19)20)7-12(14(15,16)17)18(9)8-10-5-3-2-4-6-10/h2-7H,8H2,1H3,(H,19,20). The lowest BCUT2D eigenvalue weighted by Gasteiger charge is -2.14. The van der Waals surface area contributed by atoms with Gasteiger partial charge >= 0.3 is 12.1 Å². The van der Waals surface area contributed by atoms with Crippen molar-refractivity contribution in [1.29, 1.82) is 0 Å². The average molecular weight is 283 g/mol. The molecule has 106 valence electrons. The Bertz CT molecular complexity index is 630. The van der Waals surface area contributed by atoms with Crippen molar-refractivity contribution >= 4 is 5.97 Å². The lowest BCUT2D eigenvalue weighted by Crippen LogP contribution is -2.15. The van der Waals surface area contributed by atoms with E-state index in [4.69, 9.17) is 5.11 Å². The first-order valence-corrected chi connectivity index (χ1v) is 5.85. The fourth-order valence-electron chi connectivity index (χ4n) is 2.07. The molecule has 2 aromatic rings. The van der Waals surface area contributed by atoms with Crippen LogP contribution in [0, 0.1) is 6.92 Å². The maximum atomic E-state index is 13.0. The summed E-state index contributed by atoms with van der Waals surface area (Å²) in [6, 6.07) is 9.28. The van der Waals surface area contributed by atoms with Gasteiger partial charge in [0.25, 0.3) is 0 Å². The Hall–Kier alpha value is -2.24. The van der Waals surface area contributed by atoms with Crippen molar-refractivity contribution in [2.24, 2.45) is 0 Å². The van der Waals surface area contributed by atoms with E-state index in [1.54, 1.807) is 30.3 Å². The van der Waals surface area contributed by atoms with Gasteiger partial charge in [-0.05, 0) is 18.6 Å². The van der Waals surface area contributed by atoms with Crippen molar-refractivity contribution in [3.05, 3.63) is 58.9 Å². The normalized spacial score (nSPS) is 11.6. The number of aromatic nitrogens is 1. The Labute approximate surface area is 113 Å². The molecule has 0 radical (unpaired) electrons. The molecular formula is C14H12F3NO2. The Morgan fingerprint density at radius 1 is 1.25 bits per heavy atom. The highest BCUT2D eigenvalue weighted by Gasteiger charge is 2.37. The summed E-state index contributed by atoms with van der Waals surface area (Å²) < 4.78 is 40.0. The van der Waals surface area contributed by atoms with E-state index >= 15 is 0 Å². The summed E-state index contributed by atoms with van der Waals surface area (Å²) in [6.45, 7) is 1.36. The molecule has 0 atom stereocenters. The zero-order valence-corrected chi connectivity index (χ0v) is 10.6. The highest BCUT2D eigenvalue weighted by Crippen LogP contribution is 2.33. The number of alkyl halides is 3. The summed E-state index contributed by atoms with van der Waals surface area (Å²) in [7, 11) is 0. The van der Waals surface area contributed by atoms with Gasteiger partial charge < -0.3 is 9.67 Å². The predicted octanol–water partition coefficient (Wildman–Crippen LogP) is 3.56. The number of rotatable bonds is 3. The molecule has 1 aromatic heterocycles. The number of aromatic carboxylic acids is 1. The predicted molar refractivity (Wildman–Crippen MR) is 66.7 cm³/mol. The van der Waals surface area contributed by atoms with Gasteiger partial charge in [0, 0.05) is 12.2 Å². The van der Waals surface area contributed by atoms with Gasteiger partial charge in [0.2, 0.25) is 0 Å². The van der Waals surface area contributed by atoms with Crippen LogP contribution < -0.4 is 0 Å². The summed E-state index contributed by atoms with van der Waals surface area (Å²) in [5, 5.41) is 8.95. The number of benzene rings is 1. The summed E-state index contributed by atoms with van der Waals surface area (Å²) in [4.78, 5) is 11.0. The van der Waals surface area contributed by atoms with E-state index in [-0.39, 0.29) is 17.8 Å². The summed E-state index contributed by atoms with van der Waals surface area (Å²) >= 11 is 0. The van der Waals surface area contributed by atoms with Crippen molar-refractivity contribution in [3.8, 4) is 0 Å². The van der Waals surface area contributed by atoms with Crippen LogP contribution >= 0.6 is 0 Å². The van der Waals surface area contributed by atoms with E-state index in [2.05, 4.69) is 0 Å². The summed E-state index contributed by atoms with van der Waals surface area (Å²) in [5.74, 6) is -1.36. The molecule has 0 aliphatic rings. The molecule has 1 N–H and O–H groups in total. The lowest BCUT2D eigenvalue weighted by molar-refractivity contribution is -0.143. The Morgan fingerprint density at radius 2 is 1.85 bits per heavy atom. The van der Waals surface area contributed by atoms with Crippen LogP contribution in [0.15, 0.2) is 36.4 Å². The van der Waals surface area contributed by atoms with Crippen LogP contribution in [0.25, 0.3) is 0 Å². The lowest BCUT2D eigenvalue weighted by atomic mass is 10.2. The van der Waals surface area contributed by atoms with Crippen LogP contribution in [0.5, 0.6) is 0 Å². The average Bonchev–Trinajstić information content (AvgIpc) is 2.68. The Balaban J connectivity index is 2.53. The van der Waals surface area contributed by atoms with Crippen LogP contribution in [-0.4, -0.2) is 15.6 Å². The molecule has 0 amide bonds. The molecule has 0 spiro atoms. The maximum absolute atomic E-state index is 13.0. The van der Waals surface area contributed by atoms with Crippen LogP contribution in [0.4, 0.5) is 13.2 Å². The van der Waals surface area contributed by atoms with Gasteiger partial charge in [-0.25, -0.2) is 4.79 Å². The minimum absolute atomic E-state index is 0.0191. The van der Waals surface area contributed by atoms with Crippen LogP contribution in [-0.2, 0) is 12.7 Å². The molecule has 2 rings (SSSR count). The number of carbonyl (C=O) groups is 1. The third-order valence-electron chi connectivity index (χ3n) is 3.07. The quantitative estimate of drug-likeness (QED) is 0.935. The number of carboxylic acids is 1.